The van der Waals surface area contributed by atoms with Crippen LogP contribution in [0.4, 0.5) is 14.9 Å². The fourth-order valence-electron chi connectivity index (χ4n) is 2.95. The maximum absolute atomic E-state index is 14.3. The molecular formula is C15H18FN3O2. The standard InChI is InChI=1S/C15H18FN3O2/c16-12-9-11(10-3-6-17-7-4-10)1-2-13(12)19-8-5-14(20)18-15(19)21/h1-2,9-10,17H,3-8H2,(H,18,20,21). The molecule has 1 aromatic carbocycles. The predicted octanol–water partition coefficient (Wildman–Crippen LogP) is 1.74. The highest BCUT2D eigenvalue weighted by Crippen LogP contribution is 2.29. The summed E-state index contributed by atoms with van der Waals surface area (Å²) in [6, 6.07) is 4.50. The summed E-state index contributed by atoms with van der Waals surface area (Å²) in [5.74, 6) is -0.356. The first-order chi connectivity index (χ1) is 10.1. The van der Waals surface area contributed by atoms with Crippen LogP contribution in [0.5, 0.6) is 0 Å². The van der Waals surface area contributed by atoms with Crippen LogP contribution in [0, 0.1) is 5.82 Å². The Labute approximate surface area is 122 Å². The monoisotopic (exact) mass is 291 g/mol. The third-order valence-electron chi connectivity index (χ3n) is 4.13. The highest BCUT2D eigenvalue weighted by atomic mass is 19.1. The minimum atomic E-state index is -0.556. The van der Waals surface area contributed by atoms with Crippen molar-refractivity contribution in [3.8, 4) is 0 Å². The van der Waals surface area contributed by atoms with E-state index in [9.17, 15) is 14.0 Å². The van der Waals surface area contributed by atoms with E-state index in [0.29, 0.717) is 5.92 Å². The Balaban J connectivity index is 1.81. The number of rotatable bonds is 2. The average Bonchev–Trinajstić information content (AvgIpc) is 2.49. The summed E-state index contributed by atoms with van der Waals surface area (Å²) in [6.07, 6.45) is 2.19. The lowest BCUT2D eigenvalue weighted by atomic mass is 9.90. The molecule has 21 heavy (non-hydrogen) atoms. The largest absolute Gasteiger partial charge is 0.328 e. The molecule has 3 rings (SSSR count). The number of carbonyl (C=O) groups is 2. The molecular weight excluding hydrogens is 273 g/mol. The van der Waals surface area contributed by atoms with Crippen LogP contribution >= 0.6 is 0 Å². The van der Waals surface area contributed by atoms with E-state index in [1.807, 2.05) is 6.07 Å². The Kier molecular flexibility index (Phi) is 3.88. The van der Waals surface area contributed by atoms with Gasteiger partial charge >= 0.3 is 6.03 Å². The molecule has 0 aromatic heterocycles. The van der Waals surface area contributed by atoms with E-state index in [1.165, 1.54) is 11.0 Å². The van der Waals surface area contributed by atoms with E-state index in [2.05, 4.69) is 10.6 Å². The van der Waals surface area contributed by atoms with Crippen LogP contribution in [-0.2, 0) is 4.79 Å². The molecule has 2 saturated heterocycles. The van der Waals surface area contributed by atoms with Crippen molar-refractivity contribution in [1.82, 2.24) is 10.6 Å². The third kappa shape index (κ3) is 2.90. The second kappa shape index (κ2) is 5.81. The molecule has 0 aliphatic carbocycles. The van der Waals surface area contributed by atoms with Crippen molar-refractivity contribution in [2.45, 2.75) is 25.2 Å². The quantitative estimate of drug-likeness (QED) is 0.872. The van der Waals surface area contributed by atoms with Crippen molar-refractivity contribution in [2.24, 2.45) is 0 Å². The van der Waals surface area contributed by atoms with Gasteiger partial charge in [0.15, 0.2) is 0 Å². The number of amides is 3. The van der Waals surface area contributed by atoms with Crippen molar-refractivity contribution in [3.05, 3.63) is 29.6 Å². The second-order valence-corrected chi connectivity index (χ2v) is 5.49. The molecule has 0 bridgehead atoms. The van der Waals surface area contributed by atoms with E-state index < -0.39 is 11.8 Å². The Morgan fingerprint density at radius 2 is 1.95 bits per heavy atom. The van der Waals surface area contributed by atoms with Gasteiger partial charge in [-0.3, -0.25) is 15.0 Å². The molecule has 0 spiro atoms. The highest BCUT2D eigenvalue weighted by molar-refractivity contribution is 6.05. The molecule has 2 aliphatic heterocycles. The number of hydrogen-bond acceptors (Lipinski definition) is 3. The molecule has 3 amide bonds. The number of hydrogen-bond donors (Lipinski definition) is 2. The van der Waals surface area contributed by atoms with Gasteiger partial charge in [-0.1, -0.05) is 6.07 Å². The summed E-state index contributed by atoms with van der Waals surface area (Å²) in [4.78, 5) is 24.2. The van der Waals surface area contributed by atoms with Crippen molar-refractivity contribution in [3.63, 3.8) is 0 Å². The molecule has 2 fully saturated rings. The van der Waals surface area contributed by atoms with Gasteiger partial charge < -0.3 is 5.32 Å². The van der Waals surface area contributed by atoms with Crippen molar-refractivity contribution >= 4 is 17.6 Å². The van der Waals surface area contributed by atoms with Crippen molar-refractivity contribution in [1.29, 1.82) is 0 Å². The zero-order valence-electron chi connectivity index (χ0n) is 11.7. The molecule has 5 nitrogen and oxygen atoms in total. The van der Waals surface area contributed by atoms with E-state index in [0.717, 1.165) is 31.5 Å². The lowest BCUT2D eigenvalue weighted by Crippen LogP contribution is -2.49. The summed E-state index contributed by atoms with van der Waals surface area (Å²) in [6.45, 7) is 2.11. The van der Waals surface area contributed by atoms with Gasteiger partial charge in [0.1, 0.15) is 5.82 Å². The van der Waals surface area contributed by atoms with Gasteiger partial charge in [0.2, 0.25) is 5.91 Å². The van der Waals surface area contributed by atoms with E-state index in [4.69, 9.17) is 0 Å². The number of anilines is 1. The van der Waals surface area contributed by atoms with E-state index >= 15 is 0 Å². The first-order valence-electron chi connectivity index (χ1n) is 7.26. The molecule has 112 valence electrons. The maximum atomic E-state index is 14.3. The Hall–Kier alpha value is -1.95. The van der Waals surface area contributed by atoms with Gasteiger partial charge in [0.05, 0.1) is 5.69 Å². The minimum Gasteiger partial charge on any atom is -0.317 e. The highest BCUT2D eigenvalue weighted by Gasteiger charge is 2.27. The van der Waals surface area contributed by atoms with Gasteiger partial charge in [-0.25, -0.2) is 9.18 Å². The van der Waals surface area contributed by atoms with Crippen LogP contribution in [0.2, 0.25) is 0 Å². The second-order valence-electron chi connectivity index (χ2n) is 5.49. The molecule has 0 saturated carbocycles. The summed E-state index contributed by atoms with van der Waals surface area (Å²) >= 11 is 0. The molecule has 2 N–H and O–H groups in total. The average molecular weight is 291 g/mol. The number of nitrogens with zero attached hydrogens (tertiary/aromatic N) is 1. The van der Waals surface area contributed by atoms with Crippen molar-refractivity contribution < 1.29 is 14.0 Å². The Morgan fingerprint density at radius 3 is 2.62 bits per heavy atom. The SMILES string of the molecule is O=C1CCN(c2ccc(C3CCNCC3)cc2F)C(=O)N1. The molecule has 1 aromatic rings. The van der Waals surface area contributed by atoms with Gasteiger partial charge in [0, 0.05) is 13.0 Å². The predicted molar refractivity (Wildman–Crippen MR) is 76.7 cm³/mol. The molecule has 2 heterocycles. The molecule has 0 atom stereocenters. The fourth-order valence-corrected chi connectivity index (χ4v) is 2.95. The van der Waals surface area contributed by atoms with Gasteiger partial charge in [-0.05, 0) is 49.5 Å². The van der Waals surface area contributed by atoms with Crippen LogP contribution in [-0.4, -0.2) is 31.6 Å². The number of benzene rings is 1. The third-order valence-corrected chi connectivity index (χ3v) is 4.13. The summed E-state index contributed by atoms with van der Waals surface area (Å²) in [5, 5.41) is 5.49. The Bertz CT molecular complexity index is 570. The zero-order valence-corrected chi connectivity index (χ0v) is 11.7. The molecule has 0 unspecified atom stereocenters. The van der Waals surface area contributed by atoms with Gasteiger partial charge in [-0.15, -0.1) is 0 Å². The topological polar surface area (TPSA) is 61.4 Å². The van der Waals surface area contributed by atoms with Crippen LogP contribution in [0.3, 0.4) is 0 Å². The lowest BCUT2D eigenvalue weighted by molar-refractivity contribution is -0.120. The van der Waals surface area contributed by atoms with Crippen LogP contribution in [0.15, 0.2) is 18.2 Å². The van der Waals surface area contributed by atoms with Crippen LogP contribution in [0.25, 0.3) is 0 Å². The number of urea groups is 1. The molecule has 6 heteroatoms. The minimum absolute atomic E-state index is 0.196. The smallest absolute Gasteiger partial charge is 0.317 e. The number of halogens is 1. The summed E-state index contributed by atoms with van der Waals surface area (Å²) in [5.41, 5.74) is 1.21. The fraction of sp³-hybridized carbons (Fsp3) is 0.467. The Morgan fingerprint density at radius 1 is 1.19 bits per heavy atom. The number of nitrogens with one attached hydrogen (secondary N) is 2. The van der Waals surface area contributed by atoms with Gasteiger partial charge in [-0.2, -0.15) is 0 Å². The van der Waals surface area contributed by atoms with E-state index in [1.54, 1.807) is 6.07 Å². The molecule has 0 radical (unpaired) electrons. The lowest BCUT2D eigenvalue weighted by Gasteiger charge is -2.28. The van der Waals surface area contributed by atoms with Crippen molar-refractivity contribution in [2.75, 3.05) is 24.5 Å². The number of carbonyl (C=O) groups excluding carboxylic acids is 2. The van der Waals surface area contributed by atoms with Gasteiger partial charge in [0.25, 0.3) is 0 Å². The summed E-state index contributed by atoms with van der Waals surface area (Å²) < 4.78 is 14.3. The normalized spacial score (nSPS) is 20.5. The zero-order chi connectivity index (χ0) is 14.8. The maximum Gasteiger partial charge on any atom is 0.328 e. The number of piperidine rings is 1. The molecule has 2 aliphatic rings. The van der Waals surface area contributed by atoms with E-state index in [-0.39, 0.29) is 24.6 Å². The van der Waals surface area contributed by atoms with Crippen LogP contribution < -0.4 is 15.5 Å². The van der Waals surface area contributed by atoms with Crippen LogP contribution in [0.1, 0.15) is 30.7 Å². The summed E-state index contributed by atoms with van der Waals surface area (Å²) in [7, 11) is 0. The first kappa shape index (κ1) is 14.0. The number of imide groups is 1. The first-order valence-corrected chi connectivity index (χ1v) is 7.26.